The lowest BCUT2D eigenvalue weighted by molar-refractivity contribution is 0.376. The van der Waals surface area contributed by atoms with E-state index in [4.69, 9.17) is 0 Å². The predicted molar refractivity (Wildman–Crippen MR) is 101 cm³/mol. The molecule has 0 aliphatic heterocycles. The van der Waals surface area contributed by atoms with Gasteiger partial charge in [-0.3, -0.25) is 0 Å². The first-order chi connectivity index (χ1) is 12.1. The van der Waals surface area contributed by atoms with E-state index >= 15 is 0 Å². The monoisotopic (exact) mass is 355 g/mol. The minimum Gasteiger partial charge on any atom is -0.206 e. The number of hydrogen-bond acceptors (Lipinski definition) is 2. The predicted octanol–water partition coefficient (Wildman–Crippen LogP) is 6.83. The van der Waals surface area contributed by atoms with Crippen LogP contribution in [0.25, 0.3) is 11.1 Å². The summed E-state index contributed by atoms with van der Waals surface area (Å²) in [5.41, 5.74) is 2.00. The molecule has 4 heteroatoms. The zero-order valence-corrected chi connectivity index (χ0v) is 14.7. The Labute approximate surface area is 152 Å². The van der Waals surface area contributed by atoms with Gasteiger partial charge in [-0.15, -0.1) is 6.58 Å². The third-order valence-electron chi connectivity index (χ3n) is 5.00. The van der Waals surface area contributed by atoms with Crippen LogP contribution in [0.5, 0.6) is 0 Å². The van der Waals surface area contributed by atoms with E-state index in [2.05, 4.69) is 29.0 Å². The number of isothiocyanates is 1. The fourth-order valence-electron chi connectivity index (χ4n) is 3.52. The quantitative estimate of drug-likeness (QED) is 0.333. The molecule has 0 bridgehead atoms. The molecule has 1 aliphatic rings. The Bertz CT molecular complexity index is 815. The Morgan fingerprint density at radius 3 is 2.32 bits per heavy atom. The van der Waals surface area contributed by atoms with E-state index in [-0.39, 0.29) is 11.3 Å². The van der Waals surface area contributed by atoms with Crippen LogP contribution in [0.4, 0.5) is 14.5 Å². The van der Waals surface area contributed by atoms with Crippen molar-refractivity contribution in [3.63, 3.8) is 0 Å². The van der Waals surface area contributed by atoms with Crippen LogP contribution in [0.3, 0.4) is 0 Å². The van der Waals surface area contributed by atoms with Gasteiger partial charge in [-0.25, -0.2) is 8.78 Å². The summed E-state index contributed by atoms with van der Waals surface area (Å²) in [6.07, 6.45) is 6.66. The fourth-order valence-corrected chi connectivity index (χ4v) is 3.61. The van der Waals surface area contributed by atoms with Gasteiger partial charge in [0.25, 0.3) is 0 Å². The Balaban J connectivity index is 1.82. The normalized spacial score (nSPS) is 19.9. The van der Waals surface area contributed by atoms with E-state index in [0.29, 0.717) is 17.4 Å². The van der Waals surface area contributed by atoms with Crippen LogP contribution in [-0.2, 0) is 0 Å². The topological polar surface area (TPSA) is 12.4 Å². The summed E-state index contributed by atoms with van der Waals surface area (Å²) < 4.78 is 28.3. The van der Waals surface area contributed by atoms with Crippen molar-refractivity contribution in [3.8, 4) is 11.1 Å². The van der Waals surface area contributed by atoms with Gasteiger partial charge in [0.05, 0.1) is 5.16 Å². The summed E-state index contributed by atoms with van der Waals surface area (Å²) in [6.45, 7) is 3.88. The molecule has 0 heterocycles. The molecule has 0 saturated heterocycles. The molecule has 0 amide bonds. The molecule has 25 heavy (non-hydrogen) atoms. The largest absolute Gasteiger partial charge is 0.206 e. The Morgan fingerprint density at radius 1 is 1.04 bits per heavy atom. The van der Waals surface area contributed by atoms with Crippen LogP contribution < -0.4 is 0 Å². The molecule has 0 N–H and O–H groups in total. The highest BCUT2D eigenvalue weighted by Gasteiger charge is 2.20. The molecule has 0 radical (unpaired) electrons. The van der Waals surface area contributed by atoms with Crippen LogP contribution in [0.15, 0.2) is 54.0 Å². The minimum absolute atomic E-state index is 0.133. The zero-order chi connectivity index (χ0) is 17.8. The van der Waals surface area contributed by atoms with Gasteiger partial charge < -0.3 is 0 Å². The molecular weight excluding hydrogens is 336 g/mol. The van der Waals surface area contributed by atoms with Gasteiger partial charge >= 0.3 is 0 Å². The first-order valence-electron chi connectivity index (χ1n) is 8.42. The molecule has 1 aliphatic carbocycles. The maximum atomic E-state index is 14.3. The second kappa shape index (κ2) is 7.81. The number of nitrogens with zero attached hydrogens (tertiary/aromatic N) is 1. The van der Waals surface area contributed by atoms with Crippen molar-refractivity contribution >= 4 is 23.1 Å². The van der Waals surface area contributed by atoms with E-state index in [1.165, 1.54) is 5.56 Å². The number of rotatable bonds is 4. The minimum atomic E-state index is -0.611. The summed E-state index contributed by atoms with van der Waals surface area (Å²) in [5, 5.41) is 2.06. The molecule has 1 saturated carbocycles. The lowest BCUT2D eigenvalue weighted by atomic mass is 9.78. The molecule has 0 unspecified atom stereocenters. The highest BCUT2D eigenvalue weighted by Crippen LogP contribution is 2.37. The summed E-state index contributed by atoms with van der Waals surface area (Å²) >= 11 is 4.44. The van der Waals surface area contributed by atoms with Crippen LogP contribution in [-0.4, -0.2) is 5.16 Å². The number of thiocarbonyl (C=S) groups is 1. The van der Waals surface area contributed by atoms with E-state index in [0.717, 1.165) is 37.8 Å². The average Bonchev–Trinajstić information content (AvgIpc) is 2.65. The Morgan fingerprint density at radius 2 is 1.72 bits per heavy atom. The summed E-state index contributed by atoms with van der Waals surface area (Å²) in [6, 6.07) is 9.97. The van der Waals surface area contributed by atoms with Crippen LogP contribution in [0.2, 0.25) is 0 Å². The molecule has 2 aromatic rings. The number of halogens is 2. The molecular formula is C21H19F2NS. The lowest BCUT2D eigenvalue weighted by Gasteiger charge is -2.27. The summed E-state index contributed by atoms with van der Waals surface area (Å²) in [5.74, 6) is 0.0255. The van der Waals surface area contributed by atoms with Crippen molar-refractivity contribution in [1.29, 1.82) is 0 Å². The van der Waals surface area contributed by atoms with Crippen LogP contribution >= 0.6 is 12.2 Å². The second-order valence-corrected chi connectivity index (χ2v) is 6.64. The Hall–Kier alpha value is -2.16. The smallest absolute Gasteiger partial charge is 0.150 e. The second-order valence-electron chi connectivity index (χ2n) is 6.46. The molecule has 0 atom stereocenters. The molecule has 128 valence electrons. The highest BCUT2D eigenvalue weighted by molar-refractivity contribution is 7.78. The van der Waals surface area contributed by atoms with Gasteiger partial charge in [-0.05, 0) is 66.9 Å². The number of benzene rings is 2. The third-order valence-corrected chi connectivity index (χ3v) is 5.09. The van der Waals surface area contributed by atoms with Gasteiger partial charge in [0.15, 0.2) is 0 Å². The van der Waals surface area contributed by atoms with Crippen molar-refractivity contribution in [2.75, 3.05) is 0 Å². The number of hydrogen-bond donors (Lipinski definition) is 0. The maximum absolute atomic E-state index is 14.3. The van der Waals surface area contributed by atoms with Crippen LogP contribution in [0.1, 0.15) is 37.2 Å². The summed E-state index contributed by atoms with van der Waals surface area (Å²) in [4.78, 5) is 3.53. The standard InChI is InChI=1S/C21H19F2NS/c1-2-14-3-5-15(6-4-14)16-7-9-17(10-8-16)18-11-20(23)21(24-13-25)12-19(18)22/h2,7-12,14-15H,1,3-6H2. The molecule has 3 rings (SSSR count). The van der Waals surface area contributed by atoms with E-state index < -0.39 is 11.6 Å². The van der Waals surface area contributed by atoms with Gasteiger partial charge in [-0.2, -0.15) is 4.99 Å². The van der Waals surface area contributed by atoms with Crippen molar-refractivity contribution in [3.05, 3.63) is 66.3 Å². The van der Waals surface area contributed by atoms with Crippen LogP contribution in [0, 0.1) is 17.6 Å². The molecule has 1 fully saturated rings. The van der Waals surface area contributed by atoms with Gasteiger partial charge in [0.2, 0.25) is 0 Å². The van der Waals surface area contributed by atoms with Gasteiger partial charge in [-0.1, -0.05) is 30.3 Å². The fraction of sp³-hybridized carbons (Fsp3) is 0.286. The van der Waals surface area contributed by atoms with Crippen molar-refractivity contribution < 1.29 is 8.78 Å². The zero-order valence-electron chi connectivity index (χ0n) is 13.8. The molecule has 0 spiro atoms. The maximum Gasteiger partial charge on any atom is 0.150 e. The molecule has 0 aromatic heterocycles. The lowest BCUT2D eigenvalue weighted by Crippen LogP contribution is -2.11. The number of allylic oxidation sites excluding steroid dienone is 1. The third kappa shape index (κ3) is 3.92. The van der Waals surface area contributed by atoms with Crippen molar-refractivity contribution in [2.45, 2.75) is 31.6 Å². The highest BCUT2D eigenvalue weighted by atomic mass is 32.1. The van der Waals surface area contributed by atoms with Gasteiger partial charge in [0, 0.05) is 11.6 Å². The van der Waals surface area contributed by atoms with Crippen molar-refractivity contribution in [1.82, 2.24) is 0 Å². The first kappa shape index (κ1) is 17.7. The Kier molecular flexibility index (Phi) is 5.52. The molecule has 2 aromatic carbocycles. The average molecular weight is 355 g/mol. The van der Waals surface area contributed by atoms with E-state index in [1.54, 1.807) is 0 Å². The first-order valence-corrected chi connectivity index (χ1v) is 8.83. The van der Waals surface area contributed by atoms with E-state index in [1.807, 2.05) is 30.3 Å². The number of aliphatic imine (C=N–C) groups is 1. The summed E-state index contributed by atoms with van der Waals surface area (Å²) in [7, 11) is 0. The molecule has 1 nitrogen and oxygen atoms in total. The van der Waals surface area contributed by atoms with Gasteiger partial charge in [0.1, 0.15) is 17.3 Å². The van der Waals surface area contributed by atoms with E-state index in [9.17, 15) is 8.78 Å². The van der Waals surface area contributed by atoms with Crippen molar-refractivity contribution in [2.24, 2.45) is 10.9 Å². The SMILES string of the molecule is C=CC1CCC(c2ccc(-c3cc(F)c(N=C=S)cc3F)cc2)CC1.